The molecule has 1 aromatic heterocycles. The van der Waals surface area contributed by atoms with Gasteiger partial charge in [0, 0.05) is 22.4 Å². The van der Waals surface area contributed by atoms with Crippen LogP contribution in [0.4, 0.5) is 0 Å². The fraction of sp³-hybridized carbons (Fsp3) is 0.214. The second-order valence-electron chi connectivity index (χ2n) is 3.91. The molecule has 1 unspecified atom stereocenters. The van der Waals surface area contributed by atoms with E-state index in [1.807, 2.05) is 36.4 Å². The summed E-state index contributed by atoms with van der Waals surface area (Å²) in [4.78, 5) is 1.26. The van der Waals surface area contributed by atoms with Gasteiger partial charge in [0.15, 0.2) is 0 Å². The van der Waals surface area contributed by atoms with E-state index in [1.165, 1.54) is 4.88 Å². The minimum absolute atomic E-state index is 0.0927. The molecule has 0 bridgehead atoms. The number of nitrogens with zero attached hydrogens (tertiary/aromatic N) is 1. The summed E-state index contributed by atoms with van der Waals surface area (Å²) in [5.74, 6) is -0.0927. The van der Waals surface area contributed by atoms with Crippen LogP contribution >= 0.6 is 27.3 Å². The van der Waals surface area contributed by atoms with E-state index < -0.39 is 0 Å². The van der Waals surface area contributed by atoms with Gasteiger partial charge in [-0.05, 0) is 32.9 Å². The van der Waals surface area contributed by atoms with Crippen LogP contribution in [0, 0.1) is 11.3 Å². The van der Waals surface area contributed by atoms with Crippen LogP contribution in [0.3, 0.4) is 0 Å². The SMILES string of the molecule is N#CC(CNCc1sccc1Br)c1ccccc1. The van der Waals surface area contributed by atoms with E-state index in [-0.39, 0.29) is 5.92 Å². The molecule has 2 rings (SSSR count). The third kappa shape index (κ3) is 3.42. The molecule has 0 fully saturated rings. The largest absolute Gasteiger partial charge is 0.310 e. The first-order valence-corrected chi connectivity index (χ1v) is 7.35. The Morgan fingerprint density at radius 2 is 2.06 bits per heavy atom. The van der Waals surface area contributed by atoms with Crippen molar-refractivity contribution in [2.24, 2.45) is 0 Å². The second-order valence-corrected chi connectivity index (χ2v) is 5.77. The molecule has 0 aliphatic heterocycles. The van der Waals surface area contributed by atoms with Crippen molar-refractivity contribution in [2.45, 2.75) is 12.5 Å². The fourth-order valence-electron chi connectivity index (χ4n) is 1.70. The highest BCUT2D eigenvalue weighted by atomic mass is 79.9. The van der Waals surface area contributed by atoms with Gasteiger partial charge in [0.05, 0.1) is 12.0 Å². The normalized spacial score (nSPS) is 12.0. The summed E-state index contributed by atoms with van der Waals surface area (Å²) < 4.78 is 1.13. The Kier molecular flexibility index (Phi) is 4.94. The minimum Gasteiger partial charge on any atom is -0.310 e. The zero-order valence-electron chi connectivity index (χ0n) is 9.77. The van der Waals surface area contributed by atoms with E-state index in [2.05, 4.69) is 32.7 Å². The summed E-state index contributed by atoms with van der Waals surface area (Å²) in [6, 6.07) is 14.3. The van der Waals surface area contributed by atoms with Crippen molar-refractivity contribution in [3.8, 4) is 6.07 Å². The van der Waals surface area contributed by atoms with Crippen molar-refractivity contribution in [1.29, 1.82) is 5.26 Å². The van der Waals surface area contributed by atoms with Gasteiger partial charge in [-0.15, -0.1) is 11.3 Å². The molecule has 0 amide bonds. The molecule has 0 spiro atoms. The minimum atomic E-state index is -0.0927. The Balaban J connectivity index is 1.89. The molecule has 4 heteroatoms. The van der Waals surface area contributed by atoms with E-state index in [9.17, 15) is 5.26 Å². The lowest BCUT2D eigenvalue weighted by Crippen LogP contribution is -2.20. The predicted molar refractivity (Wildman–Crippen MR) is 78.5 cm³/mol. The molecule has 1 heterocycles. The van der Waals surface area contributed by atoms with Gasteiger partial charge >= 0.3 is 0 Å². The highest BCUT2D eigenvalue weighted by molar-refractivity contribution is 9.10. The molecule has 1 N–H and O–H groups in total. The van der Waals surface area contributed by atoms with E-state index in [4.69, 9.17) is 0 Å². The standard InChI is InChI=1S/C14H13BrN2S/c15-13-6-7-18-14(13)10-17-9-12(8-16)11-4-2-1-3-5-11/h1-7,12,17H,9-10H2. The summed E-state index contributed by atoms with van der Waals surface area (Å²) in [7, 11) is 0. The average Bonchev–Trinajstić information content (AvgIpc) is 2.81. The molecule has 1 atom stereocenters. The van der Waals surface area contributed by atoms with Crippen LogP contribution in [0.1, 0.15) is 16.4 Å². The summed E-state index contributed by atoms with van der Waals surface area (Å²) in [6.45, 7) is 1.47. The lowest BCUT2D eigenvalue weighted by molar-refractivity contribution is 0.656. The molecular formula is C14H13BrN2S. The number of nitriles is 1. The first-order valence-electron chi connectivity index (χ1n) is 5.68. The maximum atomic E-state index is 9.19. The molecule has 0 saturated carbocycles. The number of hydrogen-bond donors (Lipinski definition) is 1. The fourth-order valence-corrected chi connectivity index (χ4v) is 3.17. The quantitative estimate of drug-likeness (QED) is 0.906. The van der Waals surface area contributed by atoms with E-state index in [0.717, 1.165) is 16.6 Å². The number of benzene rings is 1. The van der Waals surface area contributed by atoms with Crippen molar-refractivity contribution in [3.63, 3.8) is 0 Å². The molecule has 0 aliphatic rings. The maximum absolute atomic E-state index is 9.19. The van der Waals surface area contributed by atoms with E-state index in [0.29, 0.717) is 6.54 Å². The lowest BCUT2D eigenvalue weighted by Gasteiger charge is -2.10. The predicted octanol–water partition coefficient (Wildman–Crippen LogP) is 3.91. The van der Waals surface area contributed by atoms with Gasteiger partial charge in [-0.3, -0.25) is 0 Å². The van der Waals surface area contributed by atoms with Crippen molar-refractivity contribution in [2.75, 3.05) is 6.54 Å². The molecule has 2 aromatic rings. The van der Waals surface area contributed by atoms with Crippen molar-refractivity contribution in [3.05, 3.63) is 56.7 Å². The van der Waals surface area contributed by atoms with Gasteiger partial charge in [0.2, 0.25) is 0 Å². The molecule has 18 heavy (non-hydrogen) atoms. The van der Waals surface area contributed by atoms with Crippen molar-refractivity contribution >= 4 is 27.3 Å². The van der Waals surface area contributed by atoms with Crippen LogP contribution in [-0.4, -0.2) is 6.54 Å². The summed E-state index contributed by atoms with van der Waals surface area (Å²) in [5, 5.41) is 14.6. The third-order valence-electron chi connectivity index (χ3n) is 2.68. The second kappa shape index (κ2) is 6.69. The molecule has 0 radical (unpaired) electrons. The summed E-state index contributed by atoms with van der Waals surface area (Å²) >= 11 is 5.21. The van der Waals surface area contributed by atoms with Gasteiger partial charge in [-0.1, -0.05) is 30.3 Å². The Morgan fingerprint density at radius 1 is 1.28 bits per heavy atom. The van der Waals surface area contributed by atoms with Gasteiger partial charge in [0.25, 0.3) is 0 Å². The van der Waals surface area contributed by atoms with Crippen LogP contribution in [-0.2, 0) is 6.54 Å². The molecule has 92 valence electrons. The number of rotatable bonds is 5. The first kappa shape index (κ1) is 13.3. The summed E-state index contributed by atoms with van der Waals surface area (Å²) in [5.41, 5.74) is 1.07. The Labute approximate surface area is 119 Å². The smallest absolute Gasteiger partial charge is 0.0837 e. The topological polar surface area (TPSA) is 35.8 Å². The number of nitrogens with one attached hydrogen (secondary N) is 1. The Bertz CT molecular complexity index is 530. The van der Waals surface area contributed by atoms with Crippen molar-refractivity contribution in [1.82, 2.24) is 5.32 Å². The zero-order chi connectivity index (χ0) is 12.8. The van der Waals surface area contributed by atoms with Gasteiger partial charge in [-0.25, -0.2) is 0 Å². The van der Waals surface area contributed by atoms with E-state index in [1.54, 1.807) is 11.3 Å². The monoisotopic (exact) mass is 320 g/mol. The van der Waals surface area contributed by atoms with Gasteiger partial charge in [0.1, 0.15) is 0 Å². The van der Waals surface area contributed by atoms with Crippen LogP contribution in [0.2, 0.25) is 0 Å². The number of thiophene rings is 1. The van der Waals surface area contributed by atoms with Gasteiger partial charge in [-0.2, -0.15) is 5.26 Å². The van der Waals surface area contributed by atoms with Crippen LogP contribution in [0.15, 0.2) is 46.3 Å². The Morgan fingerprint density at radius 3 is 2.67 bits per heavy atom. The first-order chi connectivity index (χ1) is 8.81. The third-order valence-corrected chi connectivity index (χ3v) is 4.61. The van der Waals surface area contributed by atoms with Crippen molar-refractivity contribution < 1.29 is 0 Å². The van der Waals surface area contributed by atoms with Gasteiger partial charge < -0.3 is 5.32 Å². The highest BCUT2D eigenvalue weighted by Gasteiger charge is 2.09. The maximum Gasteiger partial charge on any atom is 0.0837 e. The number of hydrogen-bond acceptors (Lipinski definition) is 3. The lowest BCUT2D eigenvalue weighted by atomic mass is 10.0. The number of halogens is 1. The molecule has 2 nitrogen and oxygen atoms in total. The van der Waals surface area contributed by atoms with Crippen LogP contribution in [0.25, 0.3) is 0 Å². The molecule has 1 aromatic carbocycles. The van der Waals surface area contributed by atoms with Crippen LogP contribution in [0.5, 0.6) is 0 Å². The van der Waals surface area contributed by atoms with Crippen LogP contribution < -0.4 is 5.32 Å². The molecular weight excluding hydrogens is 308 g/mol. The van der Waals surface area contributed by atoms with E-state index >= 15 is 0 Å². The zero-order valence-corrected chi connectivity index (χ0v) is 12.2. The highest BCUT2D eigenvalue weighted by Crippen LogP contribution is 2.22. The average molecular weight is 321 g/mol. The summed E-state index contributed by atoms with van der Waals surface area (Å²) in [6.07, 6.45) is 0. The Hall–Kier alpha value is -1.15. The molecule has 0 saturated heterocycles. The molecule has 0 aliphatic carbocycles.